The van der Waals surface area contributed by atoms with Gasteiger partial charge in [0.2, 0.25) is 5.91 Å². The summed E-state index contributed by atoms with van der Waals surface area (Å²) in [7, 11) is 1.61. The van der Waals surface area contributed by atoms with Gasteiger partial charge in [0.15, 0.2) is 0 Å². The van der Waals surface area contributed by atoms with Crippen LogP contribution in [0, 0.1) is 0 Å². The van der Waals surface area contributed by atoms with Crippen LogP contribution in [0.5, 0.6) is 0 Å². The van der Waals surface area contributed by atoms with E-state index in [-0.39, 0.29) is 24.0 Å². The molecule has 2 unspecified atom stereocenters. The van der Waals surface area contributed by atoms with Gasteiger partial charge in [0.25, 0.3) is 5.91 Å². The predicted molar refractivity (Wildman–Crippen MR) is 57.8 cm³/mol. The Labute approximate surface area is 95.1 Å². The third kappa shape index (κ3) is 2.04. The highest BCUT2D eigenvalue weighted by molar-refractivity contribution is 5.89. The van der Waals surface area contributed by atoms with Crippen LogP contribution in [-0.4, -0.2) is 49.1 Å². The van der Waals surface area contributed by atoms with Crippen LogP contribution in [-0.2, 0) is 14.3 Å². The molecule has 2 saturated heterocycles. The van der Waals surface area contributed by atoms with E-state index in [1.807, 2.05) is 0 Å². The van der Waals surface area contributed by atoms with E-state index in [1.54, 1.807) is 11.9 Å². The first-order valence-electron chi connectivity index (χ1n) is 5.87. The fourth-order valence-corrected chi connectivity index (χ4v) is 2.43. The normalized spacial score (nSPS) is 29.4. The second-order valence-electron chi connectivity index (χ2n) is 4.31. The maximum atomic E-state index is 12.1. The Hall–Kier alpha value is -1.10. The maximum Gasteiger partial charge on any atom is 0.252 e. The van der Waals surface area contributed by atoms with Gasteiger partial charge in [-0.25, -0.2) is 0 Å². The van der Waals surface area contributed by atoms with Crippen molar-refractivity contribution in [1.29, 1.82) is 0 Å². The lowest BCUT2D eigenvalue weighted by Crippen LogP contribution is -2.48. The van der Waals surface area contributed by atoms with Gasteiger partial charge < -0.3 is 15.0 Å². The average molecular weight is 226 g/mol. The van der Waals surface area contributed by atoms with E-state index >= 15 is 0 Å². The fourth-order valence-electron chi connectivity index (χ4n) is 2.43. The van der Waals surface area contributed by atoms with Gasteiger partial charge in [-0.3, -0.25) is 9.59 Å². The topological polar surface area (TPSA) is 58.6 Å². The van der Waals surface area contributed by atoms with E-state index in [4.69, 9.17) is 4.74 Å². The van der Waals surface area contributed by atoms with E-state index in [0.29, 0.717) is 13.2 Å². The molecule has 0 spiro atoms. The summed E-state index contributed by atoms with van der Waals surface area (Å²) in [5, 5.41) is 2.61. The lowest BCUT2D eigenvalue weighted by molar-refractivity contribution is -0.145. The summed E-state index contributed by atoms with van der Waals surface area (Å²) in [4.78, 5) is 25.4. The molecule has 0 aromatic carbocycles. The zero-order valence-corrected chi connectivity index (χ0v) is 9.57. The predicted octanol–water partition coefficient (Wildman–Crippen LogP) is -0.0976. The zero-order valence-electron chi connectivity index (χ0n) is 9.57. The summed E-state index contributed by atoms with van der Waals surface area (Å²) >= 11 is 0. The van der Waals surface area contributed by atoms with Crippen molar-refractivity contribution in [3.05, 3.63) is 0 Å². The first-order chi connectivity index (χ1) is 7.74. The quantitative estimate of drug-likeness (QED) is 0.715. The maximum absolute atomic E-state index is 12.1. The monoisotopic (exact) mass is 226 g/mol. The molecule has 2 aliphatic rings. The minimum atomic E-state index is -0.315. The molecule has 0 bridgehead atoms. The number of carbonyl (C=O) groups excluding carboxylic acids is 2. The van der Waals surface area contributed by atoms with Gasteiger partial charge in [0.05, 0.1) is 0 Å². The van der Waals surface area contributed by atoms with Crippen molar-refractivity contribution in [3.63, 3.8) is 0 Å². The largest absolute Gasteiger partial charge is 0.368 e. The molecule has 2 fully saturated rings. The molecule has 0 saturated carbocycles. The molecular formula is C11H18N2O3. The first kappa shape index (κ1) is 11.4. The number of carbonyl (C=O) groups is 2. The van der Waals surface area contributed by atoms with Crippen molar-refractivity contribution < 1.29 is 14.3 Å². The van der Waals surface area contributed by atoms with Crippen molar-refractivity contribution in [2.75, 3.05) is 20.2 Å². The number of nitrogens with one attached hydrogen (secondary N) is 1. The number of hydrogen-bond donors (Lipinski definition) is 1. The molecule has 0 aromatic rings. The van der Waals surface area contributed by atoms with Crippen LogP contribution in [0.3, 0.4) is 0 Å². The number of hydrogen-bond acceptors (Lipinski definition) is 3. The fraction of sp³-hybridized carbons (Fsp3) is 0.818. The highest BCUT2D eigenvalue weighted by Gasteiger charge is 2.37. The standard InChI is InChI=1S/C11H18N2O3/c1-12-10(14)8-4-2-6-13(8)11(15)9-5-3-7-16-9/h8-9H,2-7H2,1H3,(H,12,14). The number of likely N-dealkylation sites (N-methyl/N-ethyl adjacent to an activating group) is 1. The van der Waals surface area contributed by atoms with Gasteiger partial charge in [-0.2, -0.15) is 0 Å². The lowest BCUT2D eigenvalue weighted by Gasteiger charge is -2.25. The Morgan fingerprint density at radius 1 is 1.31 bits per heavy atom. The highest BCUT2D eigenvalue weighted by Crippen LogP contribution is 2.22. The Balaban J connectivity index is 2.01. The second-order valence-corrected chi connectivity index (χ2v) is 4.31. The van der Waals surface area contributed by atoms with Crippen molar-refractivity contribution in [2.24, 2.45) is 0 Å². The Bertz CT molecular complexity index is 287. The number of likely N-dealkylation sites (tertiary alicyclic amines) is 1. The molecule has 5 heteroatoms. The molecule has 0 aromatic heterocycles. The number of amides is 2. The molecule has 0 radical (unpaired) electrons. The summed E-state index contributed by atoms with van der Waals surface area (Å²) in [6.45, 7) is 1.34. The zero-order chi connectivity index (χ0) is 11.5. The third-order valence-corrected chi connectivity index (χ3v) is 3.29. The van der Waals surface area contributed by atoms with E-state index in [0.717, 1.165) is 25.7 Å². The average Bonchev–Trinajstić information content (AvgIpc) is 2.97. The summed E-state index contributed by atoms with van der Waals surface area (Å²) < 4.78 is 5.37. The van der Waals surface area contributed by atoms with Crippen molar-refractivity contribution in [1.82, 2.24) is 10.2 Å². The summed E-state index contributed by atoms with van der Waals surface area (Å²) in [5.74, 6) is -0.0764. The van der Waals surface area contributed by atoms with Crippen molar-refractivity contribution >= 4 is 11.8 Å². The first-order valence-corrected chi connectivity index (χ1v) is 5.87. The lowest BCUT2D eigenvalue weighted by atomic mass is 10.1. The van der Waals surface area contributed by atoms with Gasteiger partial charge in [0, 0.05) is 20.2 Å². The Morgan fingerprint density at radius 2 is 2.12 bits per heavy atom. The molecule has 5 nitrogen and oxygen atoms in total. The second kappa shape index (κ2) is 4.82. The molecule has 90 valence electrons. The molecule has 1 N–H and O–H groups in total. The van der Waals surface area contributed by atoms with E-state index in [9.17, 15) is 9.59 Å². The van der Waals surface area contributed by atoms with E-state index in [2.05, 4.69) is 5.32 Å². The molecule has 2 aliphatic heterocycles. The van der Waals surface area contributed by atoms with Crippen LogP contribution >= 0.6 is 0 Å². The Kier molecular flexibility index (Phi) is 3.43. The smallest absolute Gasteiger partial charge is 0.252 e. The van der Waals surface area contributed by atoms with Gasteiger partial charge in [-0.1, -0.05) is 0 Å². The van der Waals surface area contributed by atoms with Crippen LogP contribution in [0.15, 0.2) is 0 Å². The van der Waals surface area contributed by atoms with Crippen molar-refractivity contribution in [3.8, 4) is 0 Å². The number of nitrogens with zero attached hydrogens (tertiary/aromatic N) is 1. The molecular weight excluding hydrogens is 208 g/mol. The van der Waals surface area contributed by atoms with Gasteiger partial charge in [0.1, 0.15) is 12.1 Å². The minimum absolute atomic E-state index is 0.0106. The van der Waals surface area contributed by atoms with Gasteiger partial charge in [-0.15, -0.1) is 0 Å². The molecule has 2 amide bonds. The molecule has 0 aliphatic carbocycles. The van der Waals surface area contributed by atoms with Crippen LogP contribution in [0.1, 0.15) is 25.7 Å². The van der Waals surface area contributed by atoms with Crippen LogP contribution < -0.4 is 5.32 Å². The summed E-state index contributed by atoms with van der Waals surface area (Å²) in [5.41, 5.74) is 0. The molecule has 2 rings (SSSR count). The van der Waals surface area contributed by atoms with Crippen LogP contribution in [0.2, 0.25) is 0 Å². The molecule has 2 heterocycles. The highest BCUT2D eigenvalue weighted by atomic mass is 16.5. The Morgan fingerprint density at radius 3 is 2.75 bits per heavy atom. The van der Waals surface area contributed by atoms with E-state index in [1.165, 1.54) is 0 Å². The molecule has 16 heavy (non-hydrogen) atoms. The van der Waals surface area contributed by atoms with Gasteiger partial charge in [-0.05, 0) is 25.7 Å². The summed E-state index contributed by atoms with van der Waals surface area (Å²) in [6.07, 6.45) is 3.07. The minimum Gasteiger partial charge on any atom is -0.368 e. The number of ether oxygens (including phenoxy) is 1. The number of rotatable bonds is 2. The summed E-state index contributed by atoms with van der Waals surface area (Å²) in [6, 6.07) is -0.290. The van der Waals surface area contributed by atoms with Crippen molar-refractivity contribution in [2.45, 2.75) is 37.8 Å². The van der Waals surface area contributed by atoms with Gasteiger partial charge >= 0.3 is 0 Å². The SMILES string of the molecule is CNC(=O)C1CCCN1C(=O)C1CCCO1. The molecule has 2 atom stereocenters. The third-order valence-electron chi connectivity index (χ3n) is 3.29. The van der Waals surface area contributed by atoms with Crippen LogP contribution in [0.25, 0.3) is 0 Å². The van der Waals surface area contributed by atoms with E-state index < -0.39 is 0 Å². The van der Waals surface area contributed by atoms with Crippen LogP contribution in [0.4, 0.5) is 0 Å².